The zero-order valence-electron chi connectivity index (χ0n) is 9.90. The van der Waals surface area contributed by atoms with Gasteiger partial charge in [0.15, 0.2) is 0 Å². The van der Waals surface area contributed by atoms with Gasteiger partial charge >= 0.3 is 0 Å². The minimum absolute atomic E-state index is 0.0221. The Kier molecular flexibility index (Phi) is 3.96. The van der Waals surface area contributed by atoms with Crippen LogP contribution in [0.5, 0.6) is 0 Å². The lowest BCUT2D eigenvalue weighted by molar-refractivity contribution is 0.599. The number of nitrogens with two attached hydrogens (primary N) is 1. The summed E-state index contributed by atoms with van der Waals surface area (Å²) in [6, 6.07) is 6.73. The molecule has 0 amide bonds. The Morgan fingerprint density at radius 2 is 1.70 bits per heavy atom. The van der Waals surface area contributed by atoms with Crippen molar-refractivity contribution < 1.29 is 17.2 Å². The molecular formula is C12H9BrF2N2O2S. The van der Waals surface area contributed by atoms with Gasteiger partial charge in [-0.25, -0.2) is 17.2 Å². The molecule has 0 bridgehead atoms. The smallest absolute Gasteiger partial charge is 0.263 e. The molecule has 0 aliphatic heterocycles. The summed E-state index contributed by atoms with van der Waals surface area (Å²) in [4.78, 5) is -0.268. The van der Waals surface area contributed by atoms with Gasteiger partial charge in [0.25, 0.3) is 10.0 Å². The number of nitrogens with one attached hydrogen (secondary N) is 1. The quantitative estimate of drug-likeness (QED) is 0.824. The molecule has 2 rings (SSSR count). The number of benzene rings is 2. The van der Waals surface area contributed by atoms with Crippen LogP contribution in [0.1, 0.15) is 0 Å². The summed E-state index contributed by atoms with van der Waals surface area (Å²) >= 11 is 2.90. The van der Waals surface area contributed by atoms with Crippen LogP contribution in [-0.2, 0) is 10.0 Å². The number of hydrogen-bond acceptors (Lipinski definition) is 3. The number of nitrogen functional groups attached to an aromatic ring is 1. The Hall–Kier alpha value is -1.67. The number of sulfonamides is 1. The number of anilines is 2. The maximum Gasteiger partial charge on any atom is 0.263 e. The Labute approximate surface area is 122 Å². The van der Waals surface area contributed by atoms with Crippen molar-refractivity contribution in [2.24, 2.45) is 0 Å². The first kappa shape index (κ1) is 14.7. The van der Waals surface area contributed by atoms with Crippen molar-refractivity contribution in [1.82, 2.24) is 0 Å². The van der Waals surface area contributed by atoms with Gasteiger partial charge in [-0.05, 0) is 52.3 Å². The van der Waals surface area contributed by atoms with Crippen LogP contribution in [0.15, 0.2) is 45.8 Å². The molecule has 0 aliphatic carbocycles. The fourth-order valence-electron chi connectivity index (χ4n) is 1.50. The van der Waals surface area contributed by atoms with E-state index in [1.54, 1.807) is 0 Å². The second-order valence-electron chi connectivity index (χ2n) is 3.92. The van der Waals surface area contributed by atoms with Gasteiger partial charge < -0.3 is 5.73 Å². The van der Waals surface area contributed by atoms with E-state index in [1.807, 2.05) is 0 Å². The highest BCUT2D eigenvalue weighted by Gasteiger charge is 2.19. The fraction of sp³-hybridized carbons (Fsp3) is 0. The Balaban J connectivity index is 2.40. The first-order valence-electron chi connectivity index (χ1n) is 5.32. The van der Waals surface area contributed by atoms with Gasteiger partial charge in [0.1, 0.15) is 16.5 Å². The van der Waals surface area contributed by atoms with Gasteiger partial charge in [0.2, 0.25) is 0 Å². The second-order valence-corrected chi connectivity index (χ2v) is 6.42. The van der Waals surface area contributed by atoms with E-state index in [4.69, 9.17) is 5.73 Å². The first-order chi connectivity index (χ1) is 9.29. The van der Waals surface area contributed by atoms with Crippen molar-refractivity contribution in [1.29, 1.82) is 0 Å². The van der Waals surface area contributed by atoms with Crippen LogP contribution in [0.4, 0.5) is 20.2 Å². The average Bonchev–Trinajstić information content (AvgIpc) is 2.36. The average molecular weight is 363 g/mol. The molecule has 0 saturated carbocycles. The standard InChI is InChI=1S/C12H9BrF2N2O2S/c13-9-5-12(11(16)6-10(9)15)20(18,19)17-8-3-1-7(14)2-4-8/h1-6,17H,16H2. The van der Waals surface area contributed by atoms with E-state index in [9.17, 15) is 17.2 Å². The topological polar surface area (TPSA) is 72.2 Å². The van der Waals surface area contributed by atoms with E-state index in [2.05, 4.69) is 20.7 Å². The molecule has 0 atom stereocenters. The molecule has 106 valence electrons. The third-order valence-corrected chi connectivity index (χ3v) is 4.48. The van der Waals surface area contributed by atoms with Crippen LogP contribution < -0.4 is 10.5 Å². The van der Waals surface area contributed by atoms with Crippen LogP contribution in [0.2, 0.25) is 0 Å². The van der Waals surface area contributed by atoms with E-state index < -0.39 is 21.7 Å². The monoisotopic (exact) mass is 362 g/mol. The van der Waals surface area contributed by atoms with Crippen LogP contribution in [-0.4, -0.2) is 8.42 Å². The summed E-state index contributed by atoms with van der Waals surface area (Å²) in [6.45, 7) is 0. The van der Waals surface area contributed by atoms with E-state index in [1.165, 1.54) is 12.1 Å². The molecule has 20 heavy (non-hydrogen) atoms. The highest BCUT2D eigenvalue weighted by Crippen LogP contribution is 2.27. The minimum Gasteiger partial charge on any atom is -0.398 e. The summed E-state index contributed by atoms with van der Waals surface area (Å²) in [5.41, 5.74) is 5.46. The predicted octanol–water partition coefficient (Wildman–Crippen LogP) is 3.11. The Morgan fingerprint density at radius 3 is 2.30 bits per heavy atom. The third-order valence-electron chi connectivity index (χ3n) is 2.44. The van der Waals surface area contributed by atoms with Crippen molar-refractivity contribution in [3.05, 3.63) is 52.5 Å². The zero-order valence-corrected chi connectivity index (χ0v) is 12.3. The number of hydrogen-bond donors (Lipinski definition) is 2. The molecule has 8 heteroatoms. The SMILES string of the molecule is Nc1cc(F)c(Br)cc1S(=O)(=O)Nc1ccc(F)cc1. The van der Waals surface area contributed by atoms with Gasteiger partial charge in [-0.1, -0.05) is 0 Å². The highest BCUT2D eigenvalue weighted by molar-refractivity contribution is 9.10. The molecule has 0 saturated heterocycles. The van der Waals surface area contributed by atoms with Crippen LogP contribution >= 0.6 is 15.9 Å². The minimum atomic E-state index is -3.99. The molecule has 0 unspecified atom stereocenters. The van der Waals surface area contributed by atoms with Crippen LogP contribution in [0.3, 0.4) is 0 Å². The largest absolute Gasteiger partial charge is 0.398 e. The van der Waals surface area contributed by atoms with E-state index in [0.29, 0.717) is 0 Å². The highest BCUT2D eigenvalue weighted by atomic mass is 79.9. The van der Waals surface area contributed by atoms with Gasteiger partial charge in [0.05, 0.1) is 10.2 Å². The third kappa shape index (κ3) is 3.07. The predicted molar refractivity (Wildman–Crippen MR) is 75.7 cm³/mol. The van der Waals surface area contributed by atoms with Crippen molar-refractivity contribution in [3.63, 3.8) is 0 Å². The lowest BCUT2D eigenvalue weighted by Gasteiger charge is -2.11. The van der Waals surface area contributed by atoms with E-state index in [-0.39, 0.29) is 20.7 Å². The van der Waals surface area contributed by atoms with Crippen LogP contribution in [0, 0.1) is 11.6 Å². The van der Waals surface area contributed by atoms with Crippen molar-refractivity contribution in [2.45, 2.75) is 4.90 Å². The summed E-state index contributed by atoms with van der Waals surface area (Å²) < 4.78 is 52.5. The zero-order chi connectivity index (χ0) is 14.9. The molecule has 0 spiro atoms. The van der Waals surface area contributed by atoms with Crippen molar-refractivity contribution >= 4 is 37.3 Å². The van der Waals surface area contributed by atoms with Crippen molar-refractivity contribution in [3.8, 4) is 0 Å². The van der Waals surface area contributed by atoms with Crippen molar-refractivity contribution in [2.75, 3.05) is 10.5 Å². The van der Waals surface area contributed by atoms with E-state index >= 15 is 0 Å². The number of halogens is 3. The summed E-state index contributed by atoms with van der Waals surface area (Å²) in [5, 5.41) is 0. The second kappa shape index (κ2) is 5.37. The lowest BCUT2D eigenvalue weighted by atomic mass is 10.3. The molecule has 3 N–H and O–H groups in total. The molecule has 0 aromatic heterocycles. The molecule has 0 aliphatic rings. The summed E-state index contributed by atoms with van der Waals surface area (Å²) in [6.07, 6.45) is 0. The Morgan fingerprint density at radius 1 is 1.10 bits per heavy atom. The van der Waals surface area contributed by atoms with Gasteiger partial charge in [-0.3, -0.25) is 4.72 Å². The normalized spacial score (nSPS) is 11.3. The molecule has 2 aromatic rings. The molecular weight excluding hydrogens is 354 g/mol. The fourth-order valence-corrected chi connectivity index (χ4v) is 3.20. The maximum absolute atomic E-state index is 13.2. The van der Waals surface area contributed by atoms with Gasteiger partial charge in [-0.2, -0.15) is 0 Å². The first-order valence-corrected chi connectivity index (χ1v) is 7.60. The molecule has 2 aromatic carbocycles. The van der Waals surface area contributed by atoms with E-state index in [0.717, 1.165) is 24.3 Å². The van der Waals surface area contributed by atoms with Crippen LogP contribution in [0.25, 0.3) is 0 Å². The molecule has 0 fully saturated rings. The molecule has 0 radical (unpaired) electrons. The maximum atomic E-state index is 13.2. The molecule has 0 heterocycles. The Bertz CT molecular complexity index is 749. The number of rotatable bonds is 3. The summed E-state index contributed by atoms with van der Waals surface area (Å²) in [7, 11) is -3.99. The lowest BCUT2D eigenvalue weighted by Crippen LogP contribution is -2.15. The molecule has 4 nitrogen and oxygen atoms in total. The van der Waals surface area contributed by atoms with Gasteiger partial charge in [0, 0.05) is 5.69 Å². The summed E-state index contributed by atoms with van der Waals surface area (Å²) in [5.74, 6) is -1.15. The van der Waals surface area contributed by atoms with Gasteiger partial charge in [-0.15, -0.1) is 0 Å².